The molecular formula is C25H24Cl2N2O3S. The Kier molecular flexibility index (Phi) is 7.39. The number of nitrogens with one attached hydrogen (secondary N) is 2. The number of rotatable bonds is 7. The molecule has 0 unspecified atom stereocenters. The lowest BCUT2D eigenvalue weighted by Crippen LogP contribution is -2.49. The van der Waals surface area contributed by atoms with E-state index < -0.39 is 16.1 Å². The molecule has 0 saturated carbocycles. The van der Waals surface area contributed by atoms with Gasteiger partial charge in [-0.2, -0.15) is 4.72 Å². The van der Waals surface area contributed by atoms with Gasteiger partial charge in [0.1, 0.15) is 10.9 Å². The van der Waals surface area contributed by atoms with Crippen LogP contribution in [-0.4, -0.2) is 20.4 Å². The van der Waals surface area contributed by atoms with Crippen LogP contribution < -0.4 is 10.0 Å². The summed E-state index contributed by atoms with van der Waals surface area (Å²) in [6.07, 6.45) is 2.91. The van der Waals surface area contributed by atoms with Gasteiger partial charge in [0, 0.05) is 5.02 Å². The van der Waals surface area contributed by atoms with Crippen molar-refractivity contribution in [3.63, 3.8) is 0 Å². The Morgan fingerprint density at radius 2 is 1.73 bits per heavy atom. The fourth-order valence-corrected chi connectivity index (χ4v) is 6.11. The van der Waals surface area contributed by atoms with E-state index in [1.165, 1.54) is 23.8 Å². The quantitative estimate of drug-likeness (QED) is 0.473. The van der Waals surface area contributed by atoms with Crippen molar-refractivity contribution in [3.8, 4) is 0 Å². The second-order valence-electron chi connectivity index (χ2n) is 8.09. The molecule has 0 heterocycles. The van der Waals surface area contributed by atoms with E-state index in [0.29, 0.717) is 0 Å². The summed E-state index contributed by atoms with van der Waals surface area (Å²) in [6.45, 7) is 0. The molecule has 0 spiro atoms. The number of halogens is 2. The number of aryl methyl sites for hydroxylation is 1. The lowest BCUT2D eigenvalue weighted by Gasteiger charge is -2.28. The summed E-state index contributed by atoms with van der Waals surface area (Å²) >= 11 is 12.1. The first-order valence-electron chi connectivity index (χ1n) is 10.7. The fraction of sp³-hybridized carbons (Fsp3) is 0.240. The third-order valence-corrected chi connectivity index (χ3v) is 7.95. The highest BCUT2D eigenvalue weighted by Gasteiger charge is 2.30. The van der Waals surface area contributed by atoms with E-state index >= 15 is 0 Å². The average Bonchev–Trinajstić information content (AvgIpc) is 2.81. The minimum atomic E-state index is -4.11. The highest BCUT2D eigenvalue weighted by atomic mass is 35.5. The smallest absolute Gasteiger partial charge is 0.242 e. The van der Waals surface area contributed by atoms with Gasteiger partial charge in [0.15, 0.2) is 0 Å². The van der Waals surface area contributed by atoms with Crippen LogP contribution in [0.15, 0.2) is 77.7 Å². The van der Waals surface area contributed by atoms with E-state index in [4.69, 9.17) is 23.2 Å². The molecule has 2 atom stereocenters. The highest BCUT2D eigenvalue weighted by molar-refractivity contribution is 7.89. The first kappa shape index (κ1) is 23.8. The van der Waals surface area contributed by atoms with E-state index in [1.807, 2.05) is 48.5 Å². The summed E-state index contributed by atoms with van der Waals surface area (Å²) in [4.78, 5) is 13.2. The van der Waals surface area contributed by atoms with Crippen LogP contribution in [0.4, 0.5) is 0 Å². The highest BCUT2D eigenvalue weighted by Crippen LogP contribution is 2.30. The van der Waals surface area contributed by atoms with Crippen molar-refractivity contribution in [2.24, 2.45) is 0 Å². The van der Waals surface area contributed by atoms with Crippen molar-refractivity contribution in [2.75, 3.05) is 0 Å². The number of hydrogen-bond acceptors (Lipinski definition) is 3. The number of hydrogen-bond donors (Lipinski definition) is 2. The van der Waals surface area contributed by atoms with Crippen LogP contribution in [0.25, 0.3) is 0 Å². The van der Waals surface area contributed by atoms with Crippen LogP contribution in [0.5, 0.6) is 0 Å². The maximum atomic E-state index is 13.4. The molecule has 0 aliphatic heterocycles. The predicted octanol–water partition coefficient (Wildman–Crippen LogP) is 5.08. The Labute approximate surface area is 204 Å². The first-order valence-corrected chi connectivity index (χ1v) is 13.0. The molecule has 4 rings (SSSR count). The molecule has 172 valence electrons. The van der Waals surface area contributed by atoms with Crippen molar-refractivity contribution < 1.29 is 13.2 Å². The zero-order valence-electron chi connectivity index (χ0n) is 17.8. The molecule has 2 N–H and O–H groups in total. The van der Waals surface area contributed by atoms with Crippen LogP contribution in [0.2, 0.25) is 10.0 Å². The molecule has 0 radical (unpaired) electrons. The summed E-state index contributed by atoms with van der Waals surface area (Å²) in [5.74, 6) is -0.387. The lowest BCUT2D eigenvalue weighted by atomic mass is 9.87. The van der Waals surface area contributed by atoms with Crippen molar-refractivity contribution in [2.45, 2.75) is 42.7 Å². The van der Waals surface area contributed by atoms with Gasteiger partial charge in [0.25, 0.3) is 0 Å². The van der Waals surface area contributed by atoms with E-state index in [-0.39, 0.29) is 33.3 Å². The predicted molar refractivity (Wildman–Crippen MR) is 131 cm³/mol. The number of benzene rings is 3. The topological polar surface area (TPSA) is 75.3 Å². The number of carbonyl (C=O) groups excluding carboxylic acids is 1. The largest absolute Gasteiger partial charge is 0.348 e. The maximum Gasteiger partial charge on any atom is 0.242 e. The standard InChI is InChI=1S/C25H24Cl2N2O3S/c26-19-13-14-21(27)24(16-19)33(31,32)29-23(15-17-7-2-1-3-8-17)25(30)28-22-12-6-10-18-9-4-5-11-20(18)22/h1-5,7-9,11,13-14,16,22-23,29H,6,10,12,15H2,(H,28,30)/t22-,23+/m0/s1. The number of fused-ring (bicyclic) bond motifs is 1. The zero-order valence-corrected chi connectivity index (χ0v) is 20.1. The van der Waals surface area contributed by atoms with Crippen LogP contribution in [0, 0.1) is 0 Å². The summed E-state index contributed by atoms with van der Waals surface area (Å²) < 4.78 is 28.9. The van der Waals surface area contributed by atoms with E-state index in [1.54, 1.807) is 0 Å². The second kappa shape index (κ2) is 10.3. The summed E-state index contributed by atoms with van der Waals surface area (Å²) in [5, 5.41) is 3.34. The molecule has 1 aliphatic rings. The maximum absolute atomic E-state index is 13.4. The van der Waals surface area contributed by atoms with E-state index in [2.05, 4.69) is 16.1 Å². The third-order valence-electron chi connectivity index (χ3n) is 5.77. The number of sulfonamides is 1. The molecule has 33 heavy (non-hydrogen) atoms. The molecule has 5 nitrogen and oxygen atoms in total. The van der Waals surface area contributed by atoms with Gasteiger partial charge in [-0.1, -0.05) is 77.8 Å². The van der Waals surface area contributed by atoms with Gasteiger partial charge < -0.3 is 5.32 Å². The first-order chi connectivity index (χ1) is 15.8. The number of amides is 1. The Morgan fingerprint density at radius 1 is 1.00 bits per heavy atom. The summed E-state index contributed by atoms with van der Waals surface area (Å²) in [5.41, 5.74) is 3.12. The van der Waals surface area contributed by atoms with E-state index in [0.717, 1.165) is 30.4 Å². The monoisotopic (exact) mass is 502 g/mol. The Balaban J connectivity index is 1.61. The Bertz CT molecular complexity index is 1250. The molecule has 1 aliphatic carbocycles. The Hall–Kier alpha value is -2.38. The Morgan fingerprint density at radius 3 is 2.52 bits per heavy atom. The van der Waals surface area contributed by atoms with Crippen LogP contribution >= 0.6 is 23.2 Å². The molecule has 0 bridgehead atoms. The van der Waals surface area contributed by atoms with Crippen molar-refractivity contribution in [1.82, 2.24) is 10.0 Å². The van der Waals surface area contributed by atoms with Crippen LogP contribution in [0.1, 0.15) is 35.6 Å². The van der Waals surface area contributed by atoms with Gasteiger partial charge >= 0.3 is 0 Å². The fourth-order valence-electron chi connectivity index (χ4n) is 4.15. The average molecular weight is 503 g/mol. The van der Waals surface area contributed by atoms with Crippen molar-refractivity contribution >= 4 is 39.1 Å². The molecular weight excluding hydrogens is 479 g/mol. The summed E-state index contributed by atoms with van der Waals surface area (Å²) in [6, 6.07) is 20.3. The summed E-state index contributed by atoms with van der Waals surface area (Å²) in [7, 11) is -4.11. The minimum absolute atomic E-state index is 0.0342. The van der Waals surface area contributed by atoms with Gasteiger partial charge in [-0.25, -0.2) is 8.42 Å². The van der Waals surface area contributed by atoms with Gasteiger partial charge in [-0.15, -0.1) is 0 Å². The van der Waals surface area contributed by atoms with Gasteiger partial charge in [0.05, 0.1) is 11.1 Å². The van der Waals surface area contributed by atoms with Crippen LogP contribution in [0.3, 0.4) is 0 Å². The lowest BCUT2D eigenvalue weighted by molar-refractivity contribution is -0.123. The number of carbonyl (C=O) groups is 1. The molecule has 3 aromatic carbocycles. The zero-order chi connectivity index (χ0) is 23.4. The molecule has 0 saturated heterocycles. The van der Waals surface area contributed by atoms with Gasteiger partial charge in [0.2, 0.25) is 15.9 Å². The normalized spacial score (nSPS) is 16.6. The second-order valence-corrected chi connectivity index (χ2v) is 10.6. The van der Waals surface area contributed by atoms with Gasteiger partial charge in [-0.05, 0) is 60.6 Å². The molecule has 8 heteroatoms. The van der Waals surface area contributed by atoms with Crippen molar-refractivity contribution in [3.05, 3.63) is 99.5 Å². The molecule has 0 aromatic heterocycles. The molecule has 1 amide bonds. The third kappa shape index (κ3) is 5.76. The van der Waals surface area contributed by atoms with E-state index in [9.17, 15) is 13.2 Å². The van der Waals surface area contributed by atoms with Gasteiger partial charge in [-0.3, -0.25) is 4.79 Å². The minimum Gasteiger partial charge on any atom is -0.348 e. The van der Waals surface area contributed by atoms with Crippen LogP contribution in [-0.2, 0) is 27.7 Å². The SMILES string of the molecule is O=C(N[C@H]1CCCc2ccccc21)[C@@H](Cc1ccccc1)NS(=O)(=O)c1cc(Cl)ccc1Cl. The molecule has 3 aromatic rings. The van der Waals surface area contributed by atoms with Crippen molar-refractivity contribution in [1.29, 1.82) is 0 Å². The molecule has 0 fully saturated rings.